The quantitative estimate of drug-likeness (QED) is 0.785. The summed E-state index contributed by atoms with van der Waals surface area (Å²) in [5, 5.41) is 0.189. The van der Waals surface area contributed by atoms with Gasteiger partial charge in [0.1, 0.15) is 0 Å². The lowest BCUT2D eigenvalue weighted by atomic mass is 10.1. The molecule has 0 unspecified atom stereocenters. The van der Waals surface area contributed by atoms with Crippen LogP contribution in [0.5, 0.6) is 0 Å². The van der Waals surface area contributed by atoms with Crippen LogP contribution < -0.4 is 0 Å². The molecule has 3 nitrogen and oxygen atoms in total. The number of carbonyl (C=O) groups excluding carboxylic acids is 1. The molecule has 2 aliphatic heterocycles. The first-order chi connectivity index (χ1) is 7.83. The molecule has 0 saturated carbocycles. The number of ether oxygens (including phenoxy) is 2. The van der Waals surface area contributed by atoms with E-state index in [0.717, 1.165) is 0 Å². The number of thioether (sulfide) groups is 1. The Morgan fingerprint density at radius 3 is 2.88 bits per heavy atom. The number of rotatable bonds is 2. The lowest BCUT2D eigenvalue weighted by molar-refractivity contribution is -0.151. The summed E-state index contributed by atoms with van der Waals surface area (Å²) in [4.78, 5) is 12.8. The number of benzene rings is 1. The minimum absolute atomic E-state index is 0.0629. The van der Waals surface area contributed by atoms with Gasteiger partial charge >= 0.3 is 0 Å². The van der Waals surface area contributed by atoms with E-state index >= 15 is 0 Å². The summed E-state index contributed by atoms with van der Waals surface area (Å²) in [6.45, 7) is 0.543. The van der Waals surface area contributed by atoms with Gasteiger partial charge in [0.15, 0.2) is 5.78 Å². The highest BCUT2D eigenvalue weighted by Gasteiger charge is 2.43. The fourth-order valence-electron chi connectivity index (χ4n) is 2.00. The number of fused-ring (bicyclic) bond motifs is 2. The maximum Gasteiger partial charge on any atom is 0.218 e. The van der Waals surface area contributed by atoms with Gasteiger partial charge in [-0.25, -0.2) is 0 Å². The van der Waals surface area contributed by atoms with Crippen molar-refractivity contribution in [3.05, 3.63) is 30.3 Å². The maximum absolute atomic E-state index is 11.6. The normalized spacial score (nSPS) is 33.0. The number of carbonyl (C=O) groups is 1. The molecular weight excluding hydrogens is 224 g/mol. The molecule has 2 heterocycles. The topological polar surface area (TPSA) is 35.5 Å². The van der Waals surface area contributed by atoms with Crippen molar-refractivity contribution in [3.8, 4) is 0 Å². The van der Waals surface area contributed by atoms with E-state index < -0.39 is 6.29 Å². The average Bonchev–Trinajstić information content (AvgIpc) is 2.73. The van der Waals surface area contributed by atoms with Gasteiger partial charge in [0.25, 0.3) is 0 Å². The van der Waals surface area contributed by atoms with E-state index in [4.69, 9.17) is 9.47 Å². The summed E-state index contributed by atoms with van der Waals surface area (Å²) in [5.74, 6) is 0.0715. The third kappa shape index (κ3) is 1.88. The largest absolute Gasteiger partial charge is 0.343 e. The van der Waals surface area contributed by atoms with E-state index in [1.165, 1.54) is 4.90 Å². The van der Waals surface area contributed by atoms with Gasteiger partial charge in [-0.15, -0.1) is 11.8 Å². The molecular formula is C12H12O3S. The maximum atomic E-state index is 11.6. The Morgan fingerprint density at radius 2 is 2.06 bits per heavy atom. The minimum atomic E-state index is -0.586. The van der Waals surface area contributed by atoms with Crippen molar-refractivity contribution in [2.75, 3.05) is 6.61 Å². The zero-order chi connectivity index (χ0) is 11.0. The number of hydrogen-bond donors (Lipinski definition) is 0. The lowest BCUT2D eigenvalue weighted by Crippen LogP contribution is -2.37. The van der Waals surface area contributed by atoms with Crippen molar-refractivity contribution in [1.82, 2.24) is 0 Å². The second-order valence-electron chi connectivity index (χ2n) is 3.98. The molecule has 0 spiro atoms. The molecule has 2 bridgehead atoms. The van der Waals surface area contributed by atoms with Crippen LogP contribution in [0.25, 0.3) is 0 Å². The lowest BCUT2D eigenvalue weighted by Gasteiger charge is -2.25. The minimum Gasteiger partial charge on any atom is -0.343 e. The van der Waals surface area contributed by atoms with Crippen molar-refractivity contribution in [1.29, 1.82) is 0 Å². The van der Waals surface area contributed by atoms with Crippen LogP contribution in [0.2, 0.25) is 0 Å². The molecule has 0 N–H and O–H groups in total. The molecule has 2 aliphatic rings. The van der Waals surface area contributed by atoms with Crippen LogP contribution in [-0.2, 0) is 14.3 Å². The number of ketones is 1. The van der Waals surface area contributed by atoms with Crippen LogP contribution in [-0.4, -0.2) is 30.0 Å². The summed E-state index contributed by atoms with van der Waals surface area (Å²) in [6, 6.07) is 10.1. The van der Waals surface area contributed by atoms with Crippen LogP contribution in [0, 0.1) is 0 Å². The second-order valence-corrected chi connectivity index (χ2v) is 5.29. The molecule has 0 aliphatic carbocycles. The van der Waals surface area contributed by atoms with E-state index in [2.05, 4.69) is 12.1 Å². The Hall–Kier alpha value is -0.840. The van der Waals surface area contributed by atoms with E-state index in [0.29, 0.717) is 13.0 Å². The van der Waals surface area contributed by atoms with Crippen LogP contribution in [0.3, 0.4) is 0 Å². The number of Topliss-reactive ketones (excluding diaryl/α,β-unsaturated/α-hetero) is 1. The molecule has 0 radical (unpaired) electrons. The first kappa shape index (κ1) is 10.3. The third-order valence-corrected chi connectivity index (χ3v) is 4.14. The third-order valence-electron chi connectivity index (χ3n) is 2.82. The Morgan fingerprint density at radius 1 is 1.25 bits per heavy atom. The van der Waals surface area contributed by atoms with Crippen LogP contribution in [0.4, 0.5) is 0 Å². The zero-order valence-corrected chi connectivity index (χ0v) is 9.48. The summed E-state index contributed by atoms with van der Waals surface area (Å²) >= 11 is 1.70. The van der Waals surface area contributed by atoms with Gasteiger partial charge in [0, 0.05) is 16.6 Å². The van der Waals surface area contributed by atoms with Crippen molar-refractivity contribution in [2.24, 2.45) is 0 Å². The zero-order valence-electron chi connectivity index (χ0n) is 8.67. The molecule has 2 fully saturated rings. The molecule has 4 heteroatoms. The van der Waals surface area contributed by atoms with Crippen LogP contribution in [0.15, 0.2) is 35.2 Å². The molecule has 3 atom stereocenters. The first-order valence-electron chi connectivity index (χ1n) is 5.34. The fourth-order valence-corrected chi connectivity index (χ4v) is 3.21. The van der Waals surface area contributed by atoms with Gasteiger partial charge in [-0.05, 0) is 12.1 Å². The average molecular weight is 236 g/mol. The summed E-state index contributed by atoms with van der Waals surface area (Å²) in [7, 11) is 0. The fraction of sp³-hybridized carbons (Fsp3) is 0.417. The van der Waals surface area contributed by atoms with Crippen LogP contribution in [0.1, 0.15) is 6.42 Å². The van der Waals surface area contributed by atoms with Crippen LogP contribution >= 0.6 is 11.8 Å². The predicted octanol–water partition coefficient (Wildman–Crippen LogP) is 1.86. The Kier molecular flexibility index (Phi) is 2.71. The molecule has 2 saturated heterocycles. The summed E-state index contributed by atoms with van der Waals surface area (Å²) < 4.78 is 10.8. The molecule has 16 heavy (non-hydrogen) atoms. The summed E-state index contributed by atoms with van der Waals surface area (Å²) in [5.41, 5.74) is 0. The van der Waals surface area contributed by atoms with Gasteiger partial charge in [-0.3, -0.25) is 4.79 Å². The highest BCUT2D eigenvalue weighted by atomic mass is 32.2. The molecule has 0 aromatic heterocycles. The molecule has 84 valence electrons. The van der Waals surface area contributed by atoms with Crippen molar-refractivity contribution >= 4 is 17.5 Å². The summed E-state index contributed by atoms with van der Waals surface area (Å²) in [6.07, 6.45) is 0.0278. The predicted molar refractivity (Wildman–Crippen MR) is 60.3 cm³/mol. The second kappa shape index (κ2) is 4.20. The molecule has 1 aromatic rings. The van der Waals surface area contributed by atoms with Gasteiger partial charge in [-0.2, -0.15) is 0 Å². The Labute approximate surface area is 98.1 Å². The van der Waals surface area contributed by atoms with Gasteiger partial charge in [-0.1, -0.05) is 18.2 Å². The van der Waals surface area contributed by atoms with E-state index in [1.54, 1.807) is 11.8 Å². The van der Waals surface area contributed by atoms with Crippen molar-refractivity contribution in [2.45, 2.75) is 29.0 Å². The van der Waals surface area contributed by atoms with Gasteiger partial charge in [0.05, 0.1) is 12.7 Å². The monoisotopic (exact) mass is 236 g/mol. The Balaban J connectivity index is 1.73. The van der Waals surface area contributed by atoms with Gasteiger partial charge < -0.3 is 9.47 Å². The van der Waals surface area contributed by atoms with E-state index in [9.17, 15) is 4.79 Å². The number of hydrogen-bond acceptors (Lipinski definition) is 4. The molecule has 1 aromatic carbocycles. The smallest absolute Gasteiger partial charge is 0.218 e. The van der Waals surface area contributed by atoms with Crippen molar-refractivity contribution < 1.29 is 14.3 Å². The van der Waals surface area contributed by atoms with E-state index in [-0.39, 0.29) is 17.1 Å². The Bertz CT molecular complexity index is 393. The standard InChI is InChI=1S/C12H12O3S/c13-9-6-11(10-7-14-12(9)15-10)16-8-4-2-1-3-5-8/h1-5,10-12H,6-7H2/t10-,11-,12-/m1/s1. The highest BCUT2D eigenvalue weighted by molar-refractivity contribution is 8.00. The molecule has 0 amide bonds. The molecule has 3 rings (SSSR count). The van der Waals surface area contributed by atoms with Gasteiger partial charge in [0.2, 0.25) is 6.29 Å². The van der Waals surface area contributed by atoms with Crippen molar-refractivity contribution in [3.63, 3.8) is 0 Å². The SMILES string of the molecule is O=C1C[C@@H](Sc2ccccc2)[C@H]2CO[C@@H]1O2. The first-order valence-corrected chi connectivity index (χ1v) is 6.22. The highest BCUT2D eigenvalue weighted by Crippen LogP contribution is 2.36. The van der Waals surface area contributed by atoms with E-state index in [1.807, 2.05) is 18.2 Å².